The van der Waals surface area contributed by atoms with Crippen molar-refractivity contribution in [1.29, 1.82) is 0 Å². The highest BCUT2D eigenvalue weighted by Gasteiger charge is 2.31. The summed E-state index contributed by atoms with van der Waals surface area (Å²) in [6.07, 6.45) is 0.766. The lowest BCUT2D eigenvalue weighted by Crippen LogP contribution is -2.48. The number of nitrogens with zero attached hydrogens (tertiary/aromatic N) is 2. The Labute approximate surface area is 127 Å². The Kier molecular flexibility index (Phi) is 4.75. The van der Waals surface area contributed by atoms with Crippen LogP contribution >= 0.6 is 0 Å². The Morgan fingerprint density at radius 2 is 2.18 bits per heavy atom. The molecule has 118 valence electrons. The van der Waals surface area contributed by atoms with Gasteiger partial charge in [-0.1, -0.05) is 24.2 Å². The maximum Gasteiger partial charge on any atom is 0.261 e. The molecule has 22 heavy (non-hydrogen) atoms. The molecule has 6 nitrogen and oxygen atoms in total. The van der Waals surface area contributed by atoms with Gasteiger partial charge in [0.25, 0.3) is 5.91 Å². The van der Waals surface area contributed by atoms with Crippen LogP contribution in [0.25, 0.3) is 0 Å². The molecule has 1 aromatic heterocycles. The van der Waals surface area contributed by atoms with E-state index in [9.17, 15) is 9.18 Å². The SMILES string of the molecule is CCC(Oc1ccccc1F)C(=O)NC(C)(C)c1ncon1. The lowest BCUT2D eigenvalue weighted by Gasteiger charge is -2.25. The van der Waals surface area contributed by atoms with Crippen LogP contribution in [0.3, 0.4) is 0 Å². The summed E-state index contributed by atoms with van der Waals surface area (Å²) in [4.78, 5) is 16.3. The van der Waals surface area contributed by atoms with Crippen LogP contribution in [-0.2, 0) is 10.3 Å². The fourth-order valence-electron chi connectivity index (χ4n) is 1.91. The number of hydrogen-bond acceptors (Lipinski definition) is 5. The second kappa shape index (κ2) is 6.55. The van der Waals surface area contributed by atoms with Gasteiger partial charge in [0.15, 0.2) is 23.5 Å². The van der Waals surface area contributed by atoms with E-state index in [1.165, 1.54) is 18.5 Å². The summed E-state index contributed by atoms with van der Waals surface area (Å²) in [6, 6.07) is 5.97. The van der Waals surface area contributed by atoms with E-state index >= 15 is 0 Å². The molecule has 0 radical (unpaired) electrons. The number of halogens is 1. The van der Waals surface area contributed by atoms with Crippen molar-refractivity contribution in [2.45, 2.75) is 38.8 Å². The van der Waals surface area contributed by atoms with Gasteiger partial charge in [-0.2, -0.15) is 4.98 Å². The highest BCUT2D eigenvalue weighted by atomic mass is 19.1. The molecule has 1 heterocycles. The number of rotatable bonds is 6. The highest BCUT2D eigenvalue weighted by molar-refractivity contribution is 5.81. The topological polar surface area (TPSA) is 77.2 Å². The van der Waals surface area contributed by atoms with E-state index in [-0.39, 0.29) is 11.7 Å². The van der Waals surface area contributed by atoms with Crippen molar-refractivity contribution in [3.05, 3.63) is 42.3 Å². The molecule has 1 aromatic carbocycles. The van der Waals surface area contributed by atoms with Gasteiger partial charge >= 0.3 is 0 Å². The summed E-state index contributed by atoms with van der Waals surface area (Å²) in [5.74, 6) is -0.491. The van der Waals surface area contributed by atoms with Crippen LogP contribution in [0.15, 0.2) is 35.2 Å². The predicted octanol–water partition coefficient (Wildman–Crippen LogP) is 2.42. The van der Waals surface area contributed by atoms with Crippen LogP contribution in [0.5, 0.6) is 5.75 Å². The zero-order valence-corrected chi connectivity index (χ0v) is 12.7. The zero-order chi connectivity index (χ0) is 16.2. The van der Waals surface area contributed by atoms with E-state index in [1.807, 2.05) is 0 Å². The quantitative estimate of drug-likeness (QED) is 0.887. The largest absolute Gasteiger partial charge is 0.478 e. The van der Waals surface area contributed by atoms with Gasteiger partial charge in [0.05, 0.1) is 5.54 Å². The van der Waals surface area contributed by atoms with E-state index in [4.69, 9.17) is 4.74 Å². The normalized spacial score (nSPS) is 12.7. The van der Waals surface area contributed by atoms with Crippen LogP contribution in [-0.4, -0.2) is 22.2 Å². The molecule has 0 aliphatic heterocycles. The molecule has 0 bridgehead atoms. The number of amides is 1. The van der Waals surface area contributed by atoms with Crippen molar-refractivity contribution in [1.82, 2.24) is 15.5 Å². The van der Waals surface area contributed by atoms with Gasteiger partial charge in [0, 0.05) is 0 Å². The number of nitrogens with one attached hydrogen (secondary N) is 1. The number of hydrogen-bond donors (Lipinski definition) is 1. The Morgan fingerprint density at radius 3 is 2.77 bits per heavy atom. The van der Waals surface area contributed by atoms with Crippen LogP contribution in [0.4, 0.5) is 4.39 Å². The number of aromatic nitrogens is 2. The van der Waals surface area contributed by atoms with Crippen LogP contribution in [0.2, 0.25) is 0 Å². The fourth-order valence-corrected chi connectivity index (χ4v) is 1.91. The first-order chi connectivity index (χ1) is 10.4. The minimum Gasteiger partial charge on any atom is -0.478 e. The Balaban J connectivity index is 2.08. The summed E-state index contributed by atoms with van der Waals surface area (Å²) in [6.45, 7) is 5.27. The molecule has 2 aromatic rings. The van der Waals surface area contributed by atoms with Crippen molar-refractivity contribution < 1.29 is 18.4 Å². The Morgan fingerprint density at radius 1 is 1.45 bits per heavy atom. The summed E-state index contributed by atoms with van der Waals surface area (Å²) in [5.41, 5.74) is -0.823. The smallest absolute Gasteiger partial charge is 0.261 e. The number of benzene rings is 1. The average Bonchev–Trinajstić information content (AvgIpc) is 3.01. The van der Waals surface area contributed by atoms with Gasteiger partial charge < -0.3 is 14.6 Å². The molecule has 0 saturated heterocycles. The summed E-state index contributed by atoms with van der Waals surface area (Å²) in [7, 11) is 0. The van der Waals surface area contributed by atoms with E-state index < -0.39 is 17.5 Å². The molecule has 7 heteroatoms. The van der Waals surface area contributed by atoms with Crippen molar-refractivity contribution in [3.63, 3.8) is 0 Å². The maximum absolute atomic E-state index is 13.6. The summed E-state index contributed by atoms with van der Waals surface area (Å²) >= 11 is 0. The molecule has 1 unspecified atom stereocenters. The predicted molar refractivity (Wildman–Crippen MR) is 76.6 cm³/mol. The lowest BCUT2D eigenvalue weighted by molar-refractivity contribution is -0.130. The summed E-state index contributed by atoms with van der Waals surface area (Å²) < 4.78 is 23.8. The summed E-state index contributed by atoms with van der Waals surface area (Å²) in [5, 5.41) is 6.50. The fraction of sp³-hybridized carbons (Fsp3) is 0.400. The average molecular weight is 307 g/mol. The molecule has 0 fully saturated rings. The van der Waals surface area contributed by atoms with Gasteiger partial charge in [-0.05, 0) is 32.4 Å². The van der Waals surface area contributed by atoms with Gasteiger partial charge in [-0.25, -0.2) is 4.39 Å². The number of para-hydroxylation sites is 1. The van der Waals surface area contributed by atoms with Crippen molar-refractivity contribution in [2.24, 2.45) is 0 Å². The minimum atomic E-state index is -0.823. The van der Waals surface area contributed by atoms with Crippen LogP contribution in [0, 0.1) is 5.82 Å². The lowest BCUT2D eigenvalue weighted by atomic mass is 10.0. The molecule has 0 aliphatic carbocycles. The van der Waals surface area contributed by atoms with Gasteiger partial charge in [0.2, 0.25) is 6.39 Å². The van der Waals surface area contributed by atoms with Gasteiger partial charge in [-0.15, -0.1) is 0 Å². The molecule has 0 aliphatic rings. The molecule has 2 rings (SSSR count). The zero-order valence-electron chi connectivity index (χ0n) is 12.7. The first kappa shape index (κ1) is 15.9. The van der Waals surface area contributed by atoms with Gasteiger partial charge in [0.1, 0.15) is 0 Å². The van der Waals surface area contributed by atoms with Crippen LogP contribution in [0.1, 0.15) is 33.0 Å². The standard InChI is InChI=1S/C15H18FN3O3/c1-4-11(22-12-8-6-5-7-10(12)16)13(20)18-15(2,3)14-17-9-21-19-14/h5-9,11H,4H2,1-3H3,(H,18,20). The van der Waals surface area contributed by atoms with E-state index in [1.54, 1.807) is 32.9 Å². The first-order valence-corrected chi connectivity index (χ1v) is 6.94. The number of ether oxygens (including phenoxy) is 1. The Bertz CT molecular complexity index is 629. The maximum atomic E-state index is 13.6. The molecule has 0 spiro atoms. The monoisotopic (exact) mass is 307 g/mol. The van der Waals surface area contributed by atoms with Crippen LogP contribution < -0.4 is 10.1 Å². The third-order valence-corrected chi connectivity index (χ3v) is 3.13. The number of carbonyl (C=O) groups excluding carboxylic acids is 1. The van der Waals surface area contributed by atoms with Crippen molar-refractivity contribution in [2.75, 3.05) is 0 Å². The third-order valence-electron chi connectivity index (χ3n) is 3.13. The second-order valence-electron chi connectivity index (χ2n) is 5.31. The first-order valence-electron chi connectivity index (χ1n) is 6.94. The molecular formula is C15H18FN3O3. The van der Waals surface area contributed by atoms with E-state index in [0.29, 0.717) is 12.2 Å². The molecular weight excluding hydrogens is 289 g/mol. The van der Waals surface area contributed by atoms with Crippen molar-refractivity contribution >= 4 is 5.91 Å². The van der Waals surface area contributed by atoms with E-state index in [0.717, 1.165) is 0 Å². The van der Waals surface area contributed by atoms with Gasteiger partial charge in [-0.3, -0.25) is 4.79 Å². The number of carbonyl (C=O) groups is 1. The Hall–Kier alpha value is -2.44. The molecule has 1 amide bonds. The minimum absolute atomic E-state index is 0.0434. The third kappa shape index (κ3) is 3.60. The highest BCUT2D eigenvalue weighted by Crippen LogP contribution is 2.20. The molecule has 1 N–H and O–H groups in total. The van der Waals surface area contributed by atoms with Crippen molar-refractivity contribution in [3.8, 4) is 5.75 Å². The van der Waals surface area contributed by atoms with E-state index in [2.05, 4.69) is 20.0 Å². The second-order valence-corrected chi connectivity index (χ2v) is 5.31. The molecule has 0 saturated carbocycles. The molecule has 1 atom stereocenters.